The summed E-state index contributed by atoms with van der Waals surface area (Å²) in [6.07, 6.45) is -0.774. The van der Waals surface area contributed by atoms with Crippen molar-refractivity contribution in [1.29, 1.82) is 0 Å². The Morgan fingerprint density at radius 3 is 0.831 bits per heavy atom. The molecule has 448 valence electrons. The lowest BCUT2D eigenvalue weighted by Crippen LogP contribution is -2.42. The van der Waals surface area contributed by atoms with Gasteiger partial charge in [0.2, 0.25) is 0 Å². The number of benzene rings is 6. The molecule has 5 atom stereocenters. The van der Waals surface area contributed by atoms with Gasteiger partial charge in [-0.2, -0.15) is 0 Å². The van der Waals surface area contributed by atoms with Crippen LogP contribution in [-0.4, -0.2) is 170 Å². The maximum Gasteiger partial charge on any atom is 0.119 e. The van der Waals surface area contributed by atoms with Crippen molar-refractivity contribution in [3.8, 4) is 34.5 Å². The van der Waals surface area contributed by atoms with Crippen molar-refractivity contribution in [3.05, 3.63) is 179 Å². The van der Waals surface area contributed by atoms with Crippen molar-refractivity contribution in [2.24, 2.45) is 5.92 Å². The Morgan fingerprint density at radius 1 is 0.386 bits per heavy atom. The first-order valence-corrected chi connectivity index (χ1v) is 29.3. The van der Waals surface area contributed by atoms with E-state index in [0.717, 1.165) is 52.5 Å². The van der Waals surface area contributed by atoms with Gasteiger partial charge in [0.25, 0.3) is 0 Å². The van der Waals surface area contributed by atoms with E-state index in [-0.39, 0.29) is 101 Å². The second kappa shape index (κ2) is 29.5. The van der Waals surface area contributed by atoms with E-state index in [1.807, 2.05) is 121 Å². The van der Waals surface area contributed by atoms with Gasteiger partial charge < -0.3 is 63.8 Å². The number of aliphatic hydroxyl groups is 6. The van der Waals surface area contributed by atoms with E-state index in [1.54, 1.807) is 9.80 Å². The van der Waals surface area contributed by atoms with Crippen LogP contribution in [-0.2, 0) is 21.0 Å². The molecule has 1 aliphatic carbocycles. The van der Waals surface area contributed by atoms with Crippen LogP contribution in [0.5, 0.6) is 34.5 Å². The topological polar surface area (TPSA) is 196 Å². The average Bonchev–Trinajstić information content (AvgIpc) is 4.50. The van der Waals surface area contributed by atoms with Crippen LogP contribution in [0, 0.1) is 5.92 Å². The molecule has 83 heavy (non-hydrogen) atoms. The second-order valence-electron chi connectivity index (χ2n) is 23.9. The molecule has 15 heteroatoms. The van der Waals surface area contributed by atoms with Crippen molar-refractivity contribution in [3.63, 3.8) is 0 Å². The number of nitrogens with zero attached hydrogens (tertiary/aromatic N) is 2. The highest BCUT2D eigenvalue weighted by Crippen LogP contribution is 2.37. The molecular formula is C68H88N2O13. The zero-order chi connectivity index (χ0) is 59.0. The van der Waals surface area contributed by atoms with Gasteiger partial charge in [-0.15, -0.1) is 0 Å². The average molecular weight is 1140 g/mol. The van der Waals surface area contributed by atoms with E-state index in [4.69, 9.17) is 33.2 Å². The highest BCUT2D eigenvalue weighted by Gasteiger charge is 2.28. The molecule has 2 fully saturated rings. The zero-order valence-electron chi connectivity index (χ0n) is 49.3. The minimum atomic E-state index is -0.886. The summed E-state index contributed by atoms with van der Waals surface area (Å²) in [4.78, 5) is 3.59. The van der Waals surface area contributed by atoms with Crippen LogP contribution >= 0.6 is 0 Å². The van der Waals surface area contributed by atoms with Crippen molar-refractivity contribution < 1.29 is 63.8 Å². The Kier molecular flexibility index (Phi) is 22.3. The summed E-state index contributed by atoms with van der Waals surface area (Å²) in [5.74, 6) is 4.89. The van der Waals surface area contributed by atoms with Gasteiger partial charge in [-0.3, -0.25) is 9.80 Å². The molecule has 0 spiro atoms. The van der Waals surface area contributed by atoms with Gasteiger partial charge >= 0.3 is 0 Å². The van der Waals surface area contributed by atoms with Crippen molar-refractivity contribution in [1.82, 2.24) is 9.80 Å². The predicted molar refractivity (Wildman–Crippen MR) is 322 cm³/mol. The lowest BCUT2D eigenvalue weighted by atomic mass is 9.78. The van der Waals surface area contributed by atoms with E-state index in [1.165, 1.54) is 18.4 Å². The molecule has 8 rings (SSSR count). The molecule has 1 aliphatic heterocycles. The lowest BCUT2D eigenvalue weighted by Gasteiger charge is -2.28. The van der Waals surface area contributed by atoms with Gasteiger partial charge in [0, 0.05) is 55.5 Å². The lowest BCUT2D eigenvalue weighted by molar-refractivity contribution is 0.0253. The fourth-order valence-corrected chi connectivity index (χ4v) is 10.1. The third-order valence-electron chi connectivity index (χ3n) is 16.0. The Balaban J connectivity index is 0.719. The summed E-state index contributed by atoms with van der Waals surface area (Å²) in [5.41, 5.74) is 5.80. The second-order valence-corrected chi connectivity index (χ2v) is 23.9. The van der Waals surface area contributed by atoms with Gasteiger partial charge in [-0.1, -0.05) is 114 Å². The SMILES string of the molecule is CC(C)(c1ccc(OCC(O)CN(CCO)CC(O)COc2ccc(C(C)(C)c3ccc(OCC4CC4)cc3)cc2)cc1)c1ccc(OCC(O)CN(CCO)CC(O)COc2ccc(C(C)(C)c3ccc(OCC4CO4)cc3)cc2)cc1. The van der Waals surface area contributed by atoms with Gasteiger partial charge in [0.05, 0.1) is 26.4 Å². The predicted octanol–water partition coefficient (Wildman–Crippen LogP) is 8.18. The van der Waals surface area contributed by atoms with E-state index in [2.05, 4.69) is 65.8 Å². The molecular weight excluding hydrogens is 1050 g/mol. The van der Waals surface area contributed by atoms with Crippen LogP contribution in [0.2, 0.25) is 0 Å². The summed E-state index contributed by atoms with van der Waals surface area (Å²) in [6, 6.07) is 47.8. The Bertz CT molecular complexity index is 2640. The van der Waals surface area contributed by atoms with Crippen LogP contribution in [0.3, 0.4) is 0 Å². The maximum atomic E-state index is 11.0. The Morgan fingerprint density at radius 2 is 0.614 bits per heavy atom. The number of hydrogen-bond donors (Lipinski definition) is 6. The Labute approximate surface area is 490 Å². The minimum absolute atomic E-state index is 0.0172. The first kappa shape index (κ1) is 62.8. The number of hydrogen-bond acceptors (Lipinski definition) is 15. The molecule has 1 heterocycles. The van der Waals surface area contributed by atoms with E-state index in [9.17, 15) is 30.6 Å². The first-order chi connectivity index (χ1) is 39.9. The van der Waals surface area contributed by atoms with E-state index >= 15 is 0 Å². The van der Waals surface area contributed by atoms with Crippen LogP contribution in [0.15, 0.2) is 146 Å². The normalized spacial score (nSPS) is 16.0. The van der Waals surface area contributed by atoms with Crippen LogP contribution in [0.4, 0.5) is 0 Å². The third kappa shape index (κ3) is 18.9. The largest absolute Gasteiger partial charge is 0.493 e. The van der Waals surface area contributed by atoms with Crippen molar-refractivity contribution in [2.45, 2.75) is 101 Å². The quantitative estimate of drug-likeness (QED) is 0.0206. The van der Waals surface area contributed by atoms with Gasteiger partial charge in [0.1, 0.15) is 98.1 Å². The first-order valence-electron chi connectivity index (χ1n) is 29.3. The van der Waals surface area contributed by atoms with E-state index < -0.39 is 24.4 Å². The zero-order valence-corrected chi connectivity index (χ0v) is 49.3. The van der Waals surface area contributed by atoms with Gasteiger partial charge in [0.15, 0.2) is 0 Å². The van der Waals surface area contributed by atoms with Crippen molar-refractivity contribution in [2.75, 3.05) is 98.7 Å². The summed E-state index contributed by atoms with van der Waals surface area (Å²) in [7, 11) is 0. The summed E-state index contributed by atoms with van der Waals surface area (Å²) in [6.45, 7) is 16.2. The molecule has 5 unspecified atom stereocenters. The Hall–Kier alpha value is -6.24. The number of rotatable bonds is 36. The molecule has 6 N–H and O–H groups in total. The molecule has 2 aliphatic rings. The standard InChI is InChI=1S/C68H88N2O13/c1-66(2,49-9-21-59(22-10-49)77-41-48-7-8-48)50-11-23-60(24-12-50)78-42-55(73)37-69(33-35-71)38-56(74)43-79-61-25-13-51(14-26-61)67(3,4)52-15-27-62(28-16-52)80-44-57(75)39-70(34-36-72)40-58(76)45-81-63-29-17-53(18-30-63)68(5,6)54-19-31-64(32-20-54)82-46-65-47-83-65/h9-32,48,55-58,65,71-76H,7-8,33-47H2,1-6H3. The van der Waals surface area contributed by atoms with Gasteiger partial charge in [-0.05, 0) is 125 Å². The number of aliphatic hydroxyl groups excluding tert-OH is 6. The van der Waals surface area contributed by atoms with Crippen LogP contribution in [0.25, 0.3) is 0 Å². The smallest absolute Gasteiger partial charge is 0.119 e. The minimum Gasteiger partial charge on any atom is -0.493 e. The molecule has 0 amide bonds. The number of ether oxygens (including phenoxy) is 7. The molecule has 15 nitrogen and oxygen atoms in total. The molecule has 0 bridgehead atoms. The molecule has 0 radical (unpaired) electrons. The highest BCUT2D eigenvalue weighted by molar-refractivity contribution is 5.45. The van der Waals surface area contributed by atoms with Crippen molar-refractivity contribution >= 4 is 0 Å². The fourth-order valence-electron chi connectivity index (χ4n) is 10.1. The molecule has 6 aromatic carbocycles. The summed E-state index contributed by atoms with van der Waals surface area (Å²) >= 11 is 0. The van der Waals surface area contributed by atoms with E-state index in [0.29, 0.717) is 35.5 Å². The van der Waals surface area contributed by atoms with Crippen LogP contribution < -0.4 is 28.4 Å². The molecule has 1 saturated heterocycles. The molecule has 1 saturated carbocycles. The molecule has 0 aromatic heterocycles. The van der Waals surface area contributed by atoms with Crippen LogP contribution in [0.1, 0.15) is 87.8 Å². The molecule has 6 aromatic rings. The maximum absolute atomic E-state index is 11.0. The third-order valence-corrected chi connectivity index (χ3v) is 16.0. The number of epoxide rings is 1. The fraction of sp³-hybridized carbons (Fsp3) is 0.471. The summed E-state index contributed by atoms with van der Waals surface area (Å²) < 4.78 is 40.9. The summed E-state index contributed by atoms with van der Waals surface area (Å²) in [5, 5.41) is 63.4. The monoisotopic (exact) mass is 1140 g/mol. The van der Waals surface area contributed by atoms with Gasteiger partial charge in [-0.25, -0.2) is 0 Å². The highest BCUT2D eigenvalue weighted by atomic mass is 16.6.